The molecule has 0 saturated heterocycles. The quantitative estimate of drug-likeness (QED) is 0.747. The number of benzene rings is 1. The third-order valence-electron chi connectivity index (χ3n) is 3.18. The van der Waals surface area contributed by atoms with Gasteiger partial charge in [0.1, 0.15) is 0 Å². The van der Waals surface area contributed by atoms with Gasteiger partial charge < -0.3 is 15.2 Å². The Balaban J connectivity index is 2.23. The van der Waals surface area contributed by atoms with Crippen molar-refractivity contribution in [3.05, 3.63) is 58.5 Å². The third-order valence-corrected chi connectivity index (χ3v) is 3.18. The van der Waals surface area contributed by atoms with Crippen LogP contribution in [0.2, 0.25) is 0 Å². The molecule has 1 aromatic carbocycles. The van der Waals surface area contributed by atoms with Crippen LogP contribution in [0.25, 0.3) is 22.5 Å². The molecule has 2 heterocycles. The van der Waals surface area contributed by atoms with Gasteiger partial charge in [0.2, 0.25) is 5.56 Å². The summed E-state index contributed by atoms with van der Waals surface area (Å²) in [6.45, 7) is 2.00. The lowest BCUT2D eigenvalue weighted by Crippen LogP contribution is -2.01. The van der Waals surface area contributed by atoms with Gasteiger partial charge in [0.25, 0.3) is 0 Å². The van der Waals surface area contributed by atoms with Crippen molar-refractivity contribution in [1.29, 1.82) is 0 Å². The average molecular weight is 267 g/mol. The minimum Gasteiger partial charge on any atom is -0.380 e. The molecule has 3 rings (SSSR count). The molecular formula is C15H13N3O2. The first-order valence-corrected chi connectivity index (χ1v) is 6.17. The van der Waals surface area contributed by atoms with Crippen molar-refractivity contribution in [3.8, 4) is 22.5 Å². The number of aromatic amines is 1. The normalized spacial score (nSPS) is 10.7. The molecule has 5 nitrogen and oxygen atoms in total. The summed E-state index contributed by atoms with van der Waals surface area (Å²) < 4.78 is 5.33. The van der Waals surface area contributed by atoms with Crippen molar-refractivity contribution < 1.29 is 4.52 Å². The average Bonchev–Trinajstić information content (AvgIpc) is 2.82. The Kier molecular flexibility index (Phi) is 2.87. The minimum atomic E-state index is -0.168. The highest BCUT2D eigenvalue weighted by molar-refractivity contribution is 5.87. The van der Waals surface area contributed by atoms with Crippen LogP contribution in [0.15, 0.2) is 51.9 Å². The lowest BCUT2D eigenvalue weighted by molar-refractivity contribution is 0.436. The number of nitrogens with one attached hydrogen (secondary N) is 1. The van der Waals surface area contributed by atoms with Crippen molar-refractivity contribution in [3.63, 3.8) is 0 Å². The Morgan fingerprint density at radius 2 is 2.00 bits per heavy atom. The van der Waals surface area contributed by atoms with E-state index in [1.165, 1.54) is 6.07 Å². The lowest BCUT2D eigenvalue weighted by atomic mass is 9.98. The van der Waals surface area contributed by atoms with E-state index in [2.05, 4.69) is 10.1 Å². The fourth-order valence-corrected chi connectivity index (χ4v) is 2.16. The zero-order valence-corrected chi connectivity index (χ0v) is 10.9. The molecule has 0 unspecified atom stereocenters. The summed E-state index contributed by atoms with van der Waals surface area (Å²) in [6.07, 6.45) is 1.59. The second-order valence-electron chi connectivity index (χ2n) is 4.53. The molecule has 3 aromatic rings. The van der Waals surface area contributed by atoms with E-state index in [9.17, 15) is 4.79 Å². The molecule has 20 heavy (non-hydrogen) atoms. The number of nitrogens with zero attached hydrogens (tertiary/aromatic N) is 1. The van der Waals surface area contributed by atoms with E-state index < -0.39 is 0 Å². The highest BCUT2D eigenvalue weighted by atomic mass is 16.5. The predicted octanol–water partition coefficient (Wildman–Crippen LogP) is 2.59. The summed E-state index contributed by atoms with van der Waals surface area (Å²) in [4.78, 5) is 13.8. The fraction of sp³-hybridized carbons (Fsp3) is 0.0667. The van der Waals surface area contributed by atoms with E-state index in [1.54, 1.807) is 12.3 Å². The smallest absolute Gasteiger partial charge is 0.247 e. The van der Waals surface area contributed by atoms with Crippen LogP contribution < -0.4 is 11.3 Å². The Labute approximate surface area is 115 Å². The van der Waals surface area contributed by atoms with Gasteiger partial charge in [-0.1, -0.05) is 29.4 Å². The zero-order chi connectivity index (χ0) is 14.1. The molecule has 3 N–H and O–H groups in total. The van der Waals surface area contributed by atoms with Crippen LogP contribution in [0.3, 0.4) is 0 Å². The van der Waals surface area contributed by atoms with Crippen LogP contribution in [-0.2, 0) is 0 Å². The number of nitrogen functional groups attached to an aromatic ring is 1. The van der Waals surface area contributed by atoms with Crippen LogP contribution in [0, 0.1) is 6.92 Å². The molecule has 0 aliphatic carbocycles. The van der Waals surface area contributed by atoms with Gasteiger partial charge in [-0.2, -0.15) is 0 Å². The lowest BCUT2D eigenvalue weighted by Gasteiger charge is -2.05. The predicted molar refractivity (Wildman–Crippen MR) is 77.1 cm³/mol. The van der Waals surface area contributed by atoms with E-state index >= 15 is 0 Å². The van der Waals surface area contributed by atoms with Gasteiger partial charge in [0.15, 0.2) is 11.6 Å². The first-order chi connectivity index (χ1) is 9.66. The molecule has 2 aromatic heterocycles. The first-order valence-electron chi connectivity index (χ1n) is 6.17. The fourth-order valence-electron chi connectivity index (χ4n) is 2.16. The second kappa shape index (κ2) is 4.70. The minimum absolute atomic E-state index is 0.168. The summed E-state index contributed by atoms with van der Waals surface area (Å²) in [5, 5.41) is 3.84. The van der Waals surface area contributed by atoms with Gasteiger partial charge >= 0.3 is 0 Å². The Hall–Kier alpha value is -2.82. The van der Waals surface area contributed by atoms with E-state index in [0.29, 0.717) is 11.6 Å². The number of hydrogen-bond acceptors (Lipinski definition) is 4. The number of aryl methyl sites for hydroxylation is 1. The van der Waals surface area contributed by atoms with Crippen molar-refractivity contribution in [2.24, 2.45) is 0 Å². The monoisotopic (exact) mass is 267 g/mol. The Morgan fingerprint density at radius 1 is 1.20 bits per heavy atom. The number of nitrogens with two attached hydrogens (primary N) is 1. The summed E-state index contributed by atoms with van der Waals surface area (Å²) in [5.41, 5.74) is 9.28. The number of rotatable bonds is 2. The van der Waals surface area contributed by atoms with E-state index in [0.717, 1.165) is 22.3 Å². The zero-order valence-electron chi connectivity index (χ0n) is 10.9. The summed E-state index contributed by atoms with van der Waals surface area (Å²) in [6, 6.07) is 11.0. The second-order valence-corrected chi connectivity index (χ2v) is 4.53. The van der Waals surface area contributed by atoms with Gasteiger partial charge in [-0.3, -0.25) is 4.79 Å². The standard InChI is InChI=1S/C15H13N3O2/c1-9-4-2-3-5-11(9)13-14(20-18-15(13)16)10-6-7-12(19)17-8-10/h2-8H,1H3,(H2,16,18)(H,17,19). The van der Waals surface area contributed by atoms with Gasteiger partial charge in [0, 0.05) is 17.8 Å². The van der Waals surface area contributed by atoms with Crippen LogP contribution in [-0.4, -0.2) is 10.1 Å². The number of H-pyrrole nitrogens is 1. The maximum atomic E-state index is 11.1. The largest absolute Gasteiger partial charge is 0.380 e. The van der Waals surface area contributed by atoms with Gasteiger partial charge in [0.05, 0.1) is 5.56 Å². The van der Waals surface area contributed by atoms with Gasteiger partial charge in [-0.05, 0) is 24.1 Å². The van der Waals surface area contributed by atoms with Crippen molar-refractivity contribution in [1.82, 2.24) is 10.1 Å². The van der Waals surface area contributed by atoms with E-state index in [4.69, 9.17) is 10.3 Å². The van der Waals surface area contributed by atoms with E-state index in [-0.39, 0.29) is 5.56 Å². The summed E-state index contributed by atoms with van der Waals surface area (Å²) >= 11 is 0. The first kappa shape index (κ1) is 12.2. The molecule has 0 aliphatic rings. The van der Waals surface area contributed by atoms with Crippen LogP contribution in [0.1, 0.15) is 5.56 Å². The topological polar surface area (TPSA) is 84.9 Å². The molecule has 0 fully saturated rings. The Morgan fingerprint density at radius 3 is 2.70 bits per heavy atom. The Bertz CT molecular complexity index is 797. The molecule has 0 radical (unpaired) electrons. The van der Waals surface area contributed by atoms with Crippen LogP contribution >= 0.6 is 0 Å². The summed E-state index contributed by atoms with van der Waals surface area (Å²) in [5.74, 6) is 0.883. The van der Waals surface area contributed by atoms with Crippen molar-refractivity contribution in [2.45, 2.75) is 6.92 Å². The molecule has 100 valence electrons. The maximum Gasteiger partial charge on any atom is 0.247 e. The molecule has 0 saturated carbocycles. The number of hydrogen-bond donors (Lipinski definition) is 2. The third kappa shape index (κ3) is 1.99. The number of anilines is 1. The molecule has 0 atom stereocenters. The summed E-state index contributed by atoms with van der Waals surface area (Å²) in [7, 11) is 0. The number of pyridine rings is 1. The number of aromatic nitrogens is 2. The SMILES string of the molecule is Cc1ccccc1-c1c(N)noc1-c1ccc(=O)[nH]c1. The van der Waals surface area contributed by atoms with Gasteiger partial charge in [-0.15, -0.1) is 0 Å². The molecule has 0 amide bonds. The highest BCUT2D eigenvalue weighted by Crippen LogP contribution is 2.37. The molecule has 0 bridgehead atoms. The molecule has 5 heteroatoms. The maximum absolute atomic E-state index is 11.1. The van der Waals surface area contributed by atoms with Crippen LogP contribution in [0.4, 0.5) is 5.82 Å². The van der Waals surface area contributed by atoms with E-state index in [1.807, 2.05) is 31.2 Å². The molecular weight excluding hydrogens is 254 g/mol. The van der Waals surface area contributed by atoms with Crippen molar-refractivity contribution >= 4 is 5.82 Å². The molecule has 0 aliphatic heterocycles. The molecule has 0 spiro atoms. The highest BCUT2D eigenvalue weighted by Gasteiger charge is 2.18. The van der Waals surface area contributed by atoms with Gasteiger partial charge in [-0.25, -0.2) is 0 Å². The van der Waals surface area contributed by atoms with Crippen LogP contribution in [0.5, 0.6) is 0 Å². The van der Waals surface area contributed by atoms with Crippen molar-refractivity contribution in [2.75, 3.05) is 5.73 Å².